The summed E-state index contributed by atoms with van der Waals surface area (Å²) in [5.74, 6) is 0.419. The van der Waals surface area contributed by atoms with Gasteiger partial charge < -0.3 is 13.6 Å². The van der Waals surface area contributed by atoms with E-state index in [1.807, 2.05) is 30.3 Å². The van der Waals surface area contributed by atoms with Crippen molar-refractivity contribution in [1.29, 1.82) is 0 Å². The Balaban J connectivity index is 1.57. The molecule has 0 N–H and O–H groups in total. The first kappa shape index (κ1) is 38.2. The van der Waals surface area contributed by atoms with Gasteiger partial charge in [-0.05, 0) is 116 Å². The molecule has 3 aliphatic carbocycles. The van der Waals surface area contributed by atoms with Gasteiger partial charge in [0.25, 0.3) is 0 Å². The lowest BCUT2D eigenvalue weighted by Gasteiger charge is -2.52. The summed E-state index contributed by atoms with van der Waals surface area (Å²) >= 11 is 1.30. The second kappa shape index (κ2) is 13.9. The molecule has 0 saturated heterocycles. The molecule has 3 atom stereocenters. The normalized spacial score (nSPS) is 26.3. The smallest absolute Gasteiger partial charge is 0.373 e. The summed E-state index contributed by atoms with van der Waals surface area (Å²) < 4.78 is 20.3. The third-order valence-corrected chi connectivity index (χ3v) is 21.9. The van der Waals surface area contributed by atoms with Crippen LogP contribution in [-0.2, 0) is 8.85 Å². The summed E-state index contributed by atoms with van der Waals surface area (Å²) in [6.07, 6.45) is 14.1. The van der Waals surface area contributed by atoms with Gasteiger partial charge in [0.05, 0.1) is 0 Å². The third-order valence-electron chi connectivity index (χ3n) is 12.0. The zero-order valence-corrected chi connectivity index (χ0v) is 34.3. The second-order valence-electron chi connectivity index (χ2n) is 17.5. The highest BCUT2D eigenvalue weighted by Crippen LogP contribution is 2.57. The molecule has 260 valence electrons. The lowest BCUT2D eigenvalue weighted by molar-refractivity contribution is -0.141. The molecule has 2 fully saturated rings. The van der Waals surface area contributed by atoms with Gasteiger partial charge in [-0.15, -0.1) is 0 Å². The van der Waals surface area contributed by atoms with Crippen LogP contribution in [0.15, 0.2) is 77.4 Å². The fourth-order valence-electron chi connectivity index (χ4n) is 7.12. The minimum absolute atomic E-state index is 0.0479. The Kier molecular flexibility index (Phi) is 11.3. The maximum atomic E-state index is 12.8. The van der Waals surface area contributed by atoms with Crippen molar-refractivity contribution in [2.24, 2.45) is 11.3 Å². The Morgan fingerprint density at radius 2 is 1.55 bits per heavy atom. The lowest BCUT2D eigenvalue weighted by Crippen LogP contribution is -2.57. The van der Waals surface area contributed by atoms with Crippen LogP contribution in [0, 0.1) is 11.3 Å². The average molecular weight is 695 g/mol. The van der Waals surface area contributed by atoms with Gasteiger partial charge in [0.15, 0.2) is 22.4 Å². The van der Waals surface area contributed by atoms with E-state index in [1.54, 1.807) is 0 Å². The van der Waals surface area contributed by atoms with Crippen molar-refractivity contribution in [2.75, 3.05) is 0 Å². The van der Waals surface area contributed by atoms with Crippen molar-refractivity contribution in [3.63, 3.8) is 0 Å². The Bertz CT molecular complexity index is 1380. The highest BCUT2D eigenvalue weighted by Gasteiger charge is 2.52. The van der Waals surface area contributed by atoms with Crippen molar-refractivity contribution in [2.45, 2.75) is 148 Å². The molecule has 0 aromatic heterocycles. The number of thioether (sulfide) groups is 1. The molecule has 7 heteroatoms. The summed E-state index contributed by atoms with van der Waals surface area (Å²) in [6.45, 7) is 32.4. The van der Waals surface area contributed by atoms with Crippen molar-refractivity contribution >= 4 is 33.7 Å². The zero-order chi connectivity index (χ0) is 35.1. The van der Waals surface area contributed by atoms with E-state index in [4.69, 9.17) is 13.6 Å². The predicted octanol–water partition coefficient (Wildman–Crippen LogP) is 12.8. The maximum absolute atomic E-state index is 12.8. The largest absolute Gasteiger partial charge is 0.418 e. The van der Waals surface area contributed by atoms with E-state index in [1.165, 1.54) is 34.1 Å². The molecule has 0 aliphatic heterocycles. The number of fused-ring (bicyclic) bond motifs is 1. The van der Waals surface area contributed by atoms with Crippen molar-refractivity contribution in [3.05, 3.63) is 77.4 Å². The first-order chi connectivity index (χ1) is 21.6. The third kappa shape index (κ3) is 8.57. The fraction of sp³-hybridized carbons (Fsp3) is 0.625. The van der Waals surface area contributed by atoms with Gasteiger partial charge in [0.2, 0.25) is 0 Å². The van der Waals surface area contributed by atoms with E-state index >= 15 is 0 Å². The molecule has 1 aromatic rings. The molecular formula is C40H62O4SSi2. The Labute approximate surface area is 293 Å². The summed E-state index contributed by atoms with van der Waals surface area (Å²) in [5, 5.41) is -0.000508. The minimum Gasteiger partial charge on any atom is -0.418 e. The van der Waals surface area contributed by atoms with Crippen LogP contribution in [0.25, 0.3) is 0 Å². The Morgan fingerprint density at radius 3 is 2.13 bits per heavy atom. The summed E-state index contributed by atoms with van der Waals surface area (Å²) in [5.41, 5.74) is 5.43. The standard InChI is InChI=1S/C40H62O4SSi2/c1-29-25-27-40(43-46(10,11)37(3,4)5,44-47(12,13)38(6,7)8)28-32(29)22-21-31-18-17-26-39(9)34(23-24-35(31)39)30(2)45-36(41)42-33-19-15-14-16-20-33/h14-16,19-23,30,35H,1,17-18,24-28H2,2-13H3/t30-,35-,39+/m0/s1. The molecule has 0 amide bonds. The number of para-hydroxylation sites is 1. The molecule has 0 radical (unpaired) electrons. The number of ether oxygens (including phenoxy) is 1. The van der Waals surface area contributed by atoms with Gasteiger partial charge in [0, 0.05) is 18.1 Å². The molecule has 1 aromatic carbocycles. The van der Waals surface area contributed by atoms with Crippen molar-refractivity contribution < 1.29 is 18.4 Å². The number of hydrogen-bond acceptors (Lipinski definition) is 5. The molecule has 4 rings (SSSR count). The number of carbonyl (C=O) groups is 1. The van der Waals surface area contributed by atoms with Gasteiger partial charge >= 0.3 is 5.30 Å². The van der Waals surface area contributed by atoms with Crippen LogP contribution in [-0.4, -0.2) is 33.0 Å². The number of benzene rings is 1. The van der Waals surface area contributed by atoms with Crippen LogP contribution in [0.3, 0.4) is 0 Å². The summed E-state index contributed by atoms with van der Waals surface area (Å²) in [7, 11) is -4.25. The van der Waals surface area contributed by atoms with E-state index < -0.39 is 22.4 Å². The molecule has 3 aliphatic rings. The second-order valence-corrected chi connectivity index (χ2v) is 28.2. The van der Waals surface area contributed by atoms with Gasteiger partial charge in [-0.3, -0.25) is 0 Å². The molecular weight excluding hydrogens is 633 g/mol. The van der Waals surface area contributed by atoms with Crippen LogP contribution in [0.4, 0.5) is 4.79 Å². The van der Waals surface area contributed by atoms with E-state index in [0.717, 1.165) is 44.9 Å². The van der Waals surface area contributed by atoms with E-state index in [2.05, 4.69) is 106 Å². The van der Waals surface area contributed by atoms with Crippen molar-refractivity contribution in [1.82, 2.24) is 0 Å². The molecule has 2 saturated carbocycles. The van der Waals surface area contributed by atoms with Gasteiger partial charge in [0.1, 0.15) is 5.75 Å². The molecule has 0 spiro atoms. The van der Waals surface area contributed by atoms with E-state index in [9.17, 15) is 4.79 Å². The van der Waals surface area contributed by atoms with Gasteiger partial charge in [-0.2, -0.15) is 0 Å². The quantitative estimate of drug-likeness (QED) is 0.117. The minimum atomic E-state index is -2.13. The predicted molar refractivity (Wildman–Crippen MR) is 206 cm³/mol. The fourth-order valence-corrected chi connectivity index (χ4v) is 11.0. The Hall–Kier alpha value is -1.65. The van der Waals surface area contributed by atoms with Crippen LogP contribution < -0.4 is 4.74 Å². The SMILES string of the molecule is C=C1CCC(O[Si](C)(C)C(C)(C)C)(O[Si](C)(C)C(C)(C)C)CC1=CC=C1CCC[C@]2(C)C([C@H](C)SC(=O)Oc3ccccc3)=CC[C@@H]12. The zero-order valence-electron chi connectivity index (χ0n) is 31.5. The number of carbonyl (C=O) groups excluding carboxylic acids is 1. The van der Waals surface area contributed by atoms with Crippen LogP contribution in [0.2, 0.25) is 36.3 Å². The molecule has 47 heavy (non-hydrogen) atoms. The first-order valence-electron chi connectivity index (χ1n) is 17.7. The van der Waals surface area contributed by atoms with Crippen molar-refractivity contribution in [3.8, 4) is 5.75 Å². The van der Waals surface area contributed by atoms with Crippen LogP contribution in [0.5, 0.6) is 5.75 Å². The highest BCUT2D eigenvalue weighted by molar-refractivity contribution is 8.14. The van der Waals surface area contributed by atoms with Gasteiger partial charge in [-0.1, -0.05) is 108 Å². The number of rotatable bonds is 8. The summed E-state index contributed by atoms with van der Waals surface area (Å²) in [6, 6.07) is 9.35. The maximum Gasteiger partial charge on any atom is 0.373 e. The van der Waals surface area contributed by atoms with Gasteiger partial charge in [-0.25, -0.2) is 4.79 Å². The number of hydrogen-bond donors (Lipinski definition) is 0. The molecule has 0 heterocycles. The summed E-state index contributed by atoms with van der Waals surface area (Å²) in [4.78, 5) is 12.8. The highest BCUT2D eigenvalue weighted by atomic mass is 32.2. The molecule has 4 nitrogen and oxygen atoms in total. The molecule has 0 unspecified atom stereocenters. The Morgan fingerprint density at radius 1 is 0.957 bits per heavy atom. The van der Waals surface area contributed by atoms with Crippen LogP contribution >= 0.6 is 11.8 Å². The van der Waals surface area contributed by atoms with E-state index in [0.29, 0.717) is 11.7 Å². The number of allylic oxidation sites excluding steroid dienone is 5. The average Bonchev–Trinajstić information content (AvgIpc) is 3.30. The molecule has 0 bridgehead atoms. The van der Waals surface area contributed by atoms with Crippen LogP contribution in [0.1, 0.15) is 100 Å². The topological polar surface area (TPSA) is 44.8 Å². The lowest BCUT2D eigenvalue weighted by atomic mass is 9.64. The monoisotopic (exact) mass is 694 g/mol. The van der Waals surface area contributed by atoms with E-state index in [-0.39, 0.29) is 26.0 Å². The first-order valence-corrected chi connectivity index (χ1v) is 24.4.